The van der Waals surface area contributed by atoms with Crippen LogP contribution in [0, 0.1) is 41.5 Å². The summed E-state index contributed by atoms with van der Waals surface area (Å²) in [6, 6.07) is 10.2. The Bertz CT molecular complexity index is 1360. The van der Waals surface area contributed by atoms with Crippen LogP contribution < -0.4 is 14.8 Å². The van der Waals surface area contributed by atoms with E-state index in [0.717, 1.165) is 33.4 Å². The SMILES string of the molecule is Cc1ccc2c(c1)NC(=O)c1cc(NS(=O)(=O)c3c(C)c(C)c(C)c(C)c3C)ccc1O2. The van der Waals surface area contributed by atoms with E-state index in [1.807, 2.05) is 53.7 Å². The second-order valence-electron chi connectivity index (χ2n) is 8.33. The molecule has 0 radical (unpaired) electrons. The molecule has 2 N–H and O–H groups in total. The lowest BCUT2D eigenvalue weighted by Gasteiger charge is -2.19. The fraction of sp³-hybridized carbons (Fsp3) is 0.240. The number of amides is 1. The van der Waals surface area contributed by atoms with Crippen molar-refractivity contribution in [2.24, 2.45) is 0 Å². The maximum absolute atomic E-state index is 13.3. The first kappa shape index (κ1) is 21.9. The van der Waals surface area contributed by atoms with Gasteiger partial charge in [0.15, 0.2) is 5.75 Å². The summed E-state index contributed by atoms with van der Waals surface area (Å²) in [5, 5.41) is 2.84. The van der Waals surface area contributed by atoms with Crippen LogP contribution in [0.4, 0.5) is 11.4 Å². The predicted octanol–water partition coefficient (Wildman–Crippen LogP) is 5.70. The van der Waals surface area contributed by atoms with Gasteiger partial charge in [-0.2, -0.15) is 0 Å². The lowest BCUT2D eigenvalue weighted by atomic mass is 9.95. The molecule has 0 atom stereocenters. The van der Waals surface area contributed by atoms with Crippen LogP contribution in [0.15, 0.2) is 41.3 Å². The Morgan fingerprint density at radius 2 is 1.38 bits per heavy atom. The molecule has 0 bridgehead atoms. The summed E-state index contributed by atoms with van der Waals surface area (Å²) in [5.74, 6) is 0.537. The van der Waals surface area contributed by atoms with Gasteiger partial charge in [0.05, 0.1) is 16.1 Å². The molecule has 6 nitrogen and oxygen atoms in total. The number of hydrogen-bond acceptors (Lipinski definition) is 4. The molecule has 32 heavy (non-hydrogen) atoms. The van der Waals surface area contributed by atoms with Crippen molar-refractivity contribution >= 4 is 27.3 Å². The number of fused-ring (bicyclic) bond motifs is 2. The molecule has 0 fully saturated rings. The van der Waals surface area contributed by atoms with E-state index in [2.05, 4.69) is 10.0 Å². The Morgan fingerprint density at radius 3 is 2.03 bits per heavy atom. The van der Waals surface area contributed by atoms with E-state index >= 15 is 0 Å². The zero-order valence-corrected chi connectivity index (χ0v) is 19.8. The van der Waals surface area contributed by atoms with Crippen LogP contribution in [0.5, 0.6) is 11.5 Å². The third kappa shape index (κ3) is 3.62. The van der Waals surface area contributed by atoms with Crippen LogP contribution >= 0.6 is 0 Å². The Hall–Kier alpha value is -3.32. The summed E-state index contributed by atoms with van der Waals surface area (Å²) in [5.41, 5.74) is 6.55. The number of ether oxygens (including phenoxy) is 1. The van der Waals surface area contributed by atoms with Gasteiger partial charge in [0.25, 0.3) is 15.9 Å². The molecule has 1 heterocycles. The smallest absolute Gasteiger partial charge is 0.262 e. The van der Waals surface area contributed by atoms with Gasteiger partial charge in [-0.15, -0.1) is 0 Å². The number of nitrogens with one attached hydrogen (secondary N) is 2. The molecule has 3 aromatic rings. The van der Waals surface area contributed by atoms with Crippen molar-refractivity contribution in [1.82, 2.24) is 0 Å². The Balaban J connectivity index is 1.73. The second kappa shape index (κ2) is 7.67. The normalized spacial score (nSPS) is 12.9. The number of carbonyl (C=O) groups is 1. The molecule has 0 saturated carbocycles. The zero-order valence-electron chi connectivity index (χ0n) is 19.0. The molecule has 1 amide bonds. The average Bonchev–Trinajstić information content (AvgIpc) is 2.86. The molecule has 4 rings (SSSR count). The highest BCUT2D eigenvalue weighted by Crippen LogP contribution is 2.38. The van der Waals surface area contributed by atoms with Crippen molar-refractivity contribution in [2.75, 3.05) is 10.0 Å². The van der Waals surface area contributed by atoms with Crippen LogP contribution in [0.2, 0.25) is 0 Å². The van der Waals surface area contributed by atoms with Gasteiger partial charge in [0.2, 0.25) is 0 Å². The third-order valence-electron chi connectivity index (χ3n) is 6.28. The summed E-state index contributed by atoms with van der Waals surface area (Å²) in [6.45, 7) is 11.4. The lowest BCUT2D eigenvalue weighted by molar-refractivity contribution is 0.102. The van der Waals surface area contributed by atoms with Crippen molar-refractivity contribution in [1.29, 1.82) is 0 Å². The number of sulfonamides is 1. The van der Waals surface area contributed by atoms with Gasteiger partial charge in [-0.05, 0) is 105 Å². The molecule has 0 aromatic heterocycles. The standard InChI is InChI=1S/C25H26N2O4S/c1-13-7-9-23-21(11-13)26-25(28)20-12-19(8-10-22(20)31-23)27-32(29,30)24-17(5)15(3)14(2)16(4)18(24)6/h7-12,27H,1-6H3,(H,26,28). The Labute approximate surface area is 188 Å². The molecule has 1 aliphatic heterocycles. The first-order valence-corrected chi connectivity index (χ1v) is 11.8. The van der Waals surface area contributed by atoms with Crippen molar-refractivity contribution in [3.63, 3.8) is 0 Å². The minimum atomic E-state index is -3.87. The fourth-order valence-corrected chi connectivity index (χ4v) is 5.73. The van der Waals surface area contributed by atoms with Gasteiger partial charge in [0, 0.05) is 5.69 Å². The minimum absolute atomic E-state index is 0.253. The summed E-state index contributed by atoms with van der Waals surface area (Å²) < 4.78 is 35.3. The monoisotopic (exact) mass is 450 g/mol. The number of aryl methyl sites for hydroxylation is 1. The van der Waals surface area contributed by atoms with Gasteiger partial charge < -0.3 is 10.1 Å². The van der Waals surface area contributed by atoms with Gasteiger partial charge in [-0.3, -0.25) is 9.52 Å². The topological polar surface area (TPSA) is 84.5 Å². The molecule has 0 saturated heterocycles. The largest absolute Gasteiger partial charge is 0.454 e. The maximum Gasteiger partial charge on any atom is 0.262 e. The molecular weight excluding hydrogens is 424 g/mol. The van der Waals surface area contributed by atoms with E-state index in [1.165, 1.54) is 6.07 Å². The minimum Gasteiger partial charge on any atom is -0.454 e. The molecule has 166 valence electrons. The Kier molecular flexibility index (Phi) is 5.25. The highest BCUT2D eigenvalue weighted by atomic mass is 32.2. The van der Waals surface area contributed by atoms with E-state index in [4.69, 9.17) is 4.74 Å². The first-order chi connectivity index (χ1) is 15.0. The highest BCUT2D eigenvalue weighted by Gasteiger charge is 2.26. The molecular formula is C25H26N2O4S. The number of carbonyl (C=O) groups excluding carboxylic acids is 1. The predicted molar refractivity (Wildman–Crippen MR) is 127 cm³/mol. The van der Waals surface area contributed by atoms with Crippen LogP contribution in [0.3, 0.4) is 0 Å². The first-order valence-electron chi connectivity index (χ1n) is 10.3. The summed E-state index contributed by atoms with van der Waals surface area (Å²) in [6.07, 6.45) is 0. The zero-order chi connectivity index (χ0) is 23.4. The molecule has 0 spiro atoms. The second-order valence-corrected chi connectivity index (χ2v) is 9.95. The van der Waals surface area contributed by atoms with E-state index in [9.17, 15) is 13.2 Å². The van der Waals surface area contributed by atoms with E-state index in [0.29, 0.717) is 22.9 Å². The highest BCUT2D eigenvalue weighted by molar-refractivity contribution is 7.92. The summed E-state index contributed by atoms with van der Waals surface area (Å²) in [7, 11) is -3.87. The van der Waals surface area contributed by atoms with Crippen molar-refractivity contribution < 1.29 is 17.9 Å². The maximum atomic E-state index is 13.3. The third-order valence-corrected chi connectivity index (χ3v) is 7.93. The van der Waals surface area contributed by atoms with Gasteiger partial charge in [-0.1, -0.05) is 6.07 Å². The van der Waals surface area contributed by atoms with Crippen LogP contribution in [0.25, 0.3) is 0 Å². The van der Waals surface area contributed by atoms with Crippen molar-refractivity contribution in [3.05, 3.63) is 75.3 Å². The average molecular weight is 451 g/mol. The van der Waals surface area contributed by atoms with Gasteiger partial charge >= 0.3 is 0 Å². The molecule has 0 aliphatic carbocycles. The molecule has 0 unspecified atom stereocenters. The van der Waals surface area contributed by atoms with E-state index < -0.39 is 10.0 Å². The van der Waals surface area contributed by atoms with E-state index in [1.54, 1.807) is 18.2 Å². The van der Waals surface area contributed by atoms with Crippen LogP contribution in [-0.2, 0) is 10.0 Å². The van der Waals surface area contributed by atoms with Gasteiger partial charge in [0.1, 0.15) is 5.75 Å². The van der Waals surface area contributed by atoms with Crippen LogP contribution in [-0.4, -0.2) is 14.3 Å². The molecule has 1 aliphatic rings. The number of benzene rings is 3. The van der Waals surface area contributed by atoms with Crippen LogP contribution in [0.1, 0.15) is 43.7 Å². The Morgan fingerprint density at radius 1 is 0.781 bits per heavy atom. The summed E-state index contributed by atoms with van der Waals surface area (Å²) in [4.78, 5) is 13.1. The van der Waals surface area contributed by atoms with Crippen molar-refractivity contribution in [3.8, 4) is 11.5 Å². The van der Waals surface area contributed by atoms with Crippen molar-refractivity contribution in [2.45, 2.75) is 46.4 Å². The number of rotatable bonds is 3. The quantitative estimate of drug-likeness (QED) is 0.536. The van der Waals surface area contributed by atoms with Gasteiger partial charge in [-0.25, -0.2) is 8.42 Å². The number of anilines is 2. The lowest BCUT2D eigenvalue weighted by Crippen LogP contribution is -2.18. The molecule has 3 aromatic carbocycles. The number of hydrogen-bond donors (Lipinski definition) is 2. The summed E-state index contributed by atoms with van der Waals surface area (Å²) >= 11 is 0. The molecule has 7 heteroatoms. The van der Waals surface area contributed by atoms with E-state index in [-0.39, 0.29) is 16.4 Å². The fourth-order valence-electron chi connectivity index (χ4n) is 4.07.